The predicted molar refractivity (Wildman–Crippen MR) is 76.5 cm³/mol. The van der Waals surface area contributed by atoms with Gasteiger partial charge in [-0.1, -0.05) is 32.0 Å². The summed E-state index contributed by atoms with van der Waals surface area (Å²) >= 11 is 0. The number of pyridine rings is 1. The van der Waals surface area contributed by atoms with Crippen molar-refractivity contribution in [3.05, 3.63) is 30.1 Å². The zero-order chi connectivity index (χ0) is 13.3. The van der Waals surface area contributed by atoms with Crippen LogP contribution in [0.2, 0.25) is 0 Å². The molecule has 18 heavy (non-hydrogen) atoms. The average Bonchev–Trinajstić information content (AvgIpc) is 2.70. The van der Waals surface area contributed by atoms with E-state index < -0.39 is 0 Å². The highest BCUT2D eigenvalue weighted by molar-refractivity contribution is 6.06. The predicted octanol–water partition coefficient (Wildman–Crippen LogP) is 3.04. The van der Waals surface area contributed by atoms with E-state index >= 15 is 0 Å². The number of nitrogens with two attached hydrogens (primary N) is 1. The number of benzene rings is 1. The number of para-hydroxylation sites is 1. The molecule has 1 aromatic carbocycles. The largest absolute Gasteiger partial charge is 0.382 e. The van der Waals surface area contributed by atoms with Gasteiger partial charge in [0.15, 0.2) is 5.82 Å². The number of hydrogen-bond acceptors (Lipinski definition) is 3. The Morgan fingerprint density at radius 2 is 1.78 bits per heavy atom. The fourth-order valence-electron chi connectivity index (χ4n) is 2.05. The van der Waals surface area contributed by atoms with Gasteiger partial charge >= 0.3 is 0 Å². The molecular weight excluding hydrogens is 224 g/mol. The van der Waals surface area contributed by atoms with E-state index in [1.807, 2.05) is 52.1 Å². The quantitative estimate of drug-likeness (QED) is 0.659. The van der Waals surface area contributed by atoms with Crippen molar-refractivity contribution >= 4 is 27.8 Å². The van der Waals surface area contributed by atoms with Crippen LogP contribution in [0.15, 0.2) is 24.3 Å². The van der Waals surface area contributed by atoms with E-state index in [9.17, 15) is 0 Å². The van der Waals surface area contributed by atoms with Crippen molar-refractivity contribution in [3.63, 3.8) is 0 Å². The first-order valence-electron chi connectivity index (χ1n) is 6.15. The first-order valence-corrected chi connectivity index (χ1v) is 6.15. The number of imidazole rings is 1. The highest BCUT2D eigenvalue weighted by Crippen LogP contribution is 2.27. The number of anilines is 1. The minimum absolute atomic E-state index is 0.498. The normalized spacial score (nSPS) is 10.4. The molecule has 4 heteroatoms. The second kappa shape index (κ2) is 4.64. The van der Waals surface area contributed by atoms with E-state index in [4.69, 9.17) is 5.73 Å². The van der Waals surface area contributed by atoms with E-state index in [0.29, 0.717) is 5.82 Å². The molecule has 0 bridgehead atoms. The molecule has 2 N–H and O–H groups in total. The first kappa shape index (κ1) is 12.4. The van der Waals surface area contributed by atoms with Gasteiger partial charge in [0.2, 0.25) is 0 Å². The molecule has 0 spiro atoms. The van der Waals surface area contributed by atoms with Gasteiger partial charge in [0.1, 0.15) is 11.3 Å². The molecular formula is C14H18N4. The summed E-state index contributed by atoms with van der Waals surface area (Å²) in [6, 6.07) is 7.98. The number of nitrogen functional groups attached to an aromatic ring is 1. The lowest BCUT2D eigenvalue weighted by atomic mass is 10.2. The summed E-state index contributed by atoms with van der Waals surface area (Å²) in [6.45, 7) is 5.97. The van der Waals surface area contributed by atoms with Gasteiger partial charge in [-0.05, 0) is 13.0 Å². The summed E-state index contributed by atoms with van der Waals surface area (Å²) < 4.78 is 2.05. The van der Waals surface area contributed by atoms with Gasteiger partial charge in [-0.15, -0.1) is 0 Å². The van der Waals surface area contributed by atoms with Crippen molar-refractivity contribution in [1.29, 1.82) is 0 Å². The van der Waals surface area contributed by atoms with Crippen LogP contribution in [0.5, 0.6) is 0 Å². The highest BCUT2D eigenvalue weighted by Gasteiger charge is 2.12. The summed E-state index contributed by atoms with van der Waals surface area (Å²) in [5.74, 6) is 1.44. The van der Waals surface area contributed by atoms with Gasteiger partial charge in [0, 0.05) is 12.4 Å². The van der Waals surface area contributed by atoms with Crippen LogP contribution in [-0.4, -0.2) is 14.5 Å². The van der Waals surface area contributed by atoms with Crippen LogP contribution in [0.3, 0.4) is 0 Å². The van der Waals surface area contributed by atoms with Crippen molar-refractivity contribution in [2.75, 3.05) is 5.73 Å². The fourth-order valence-corrected chi connectivity index (χ4v) is 2.05. The van der Waals surface area contributed by atoms with Crippen LogP contribution >= 0.6 is 0 Å². The topological polar surface area (TPSA) is 56.7 Å². The van der Waals surface area contributed by atoms with Gasteiger partial charge in [0.05, 0.1) is 11.0 Å². The lowest BCUT2D eigenvalue weighted by Gasteiger charge is -2.03. The summed E-state index contributed by atoms with van der Waals surface area (Å²) in [7, 11) is 2.00. The van der Waals surface area contributed by atoms with Crippen molar-refractivity contribution in [2.24, 2.45) is 7.05 Å². The minimum atomic E-state index is 0.498. The molecule has 0 unspecified atom stereocenters. The summed E-state index contributed by atoms with van der Waals surface area (Å²) in [5, 5.41) is 1.09. The maximum Gasteiger partial charge on any atom is 0.152 e. The molecule has 0 aliphatic carbocycles. The minimum Gasteiger partial charge on any atom is -0.382 e. The highest BCUT2D eigenvalue weighted by atomic mass is 15.1. The maximum absolute atomic E-state index is 5.92. The third-order valence-corrected chi connectivity index (χ3v) is 2.96. The SMILES string of the molecule is CC.Cc1nc2c(N)nc3ccccc3c2n1C. The number of aromatic nitrogens is 3. The number of hydrogen-bond donors (Lipinski definition) is 1. The number of aryl methyl sites for hydroxylation is 2. The Bertz CT molecular complexity index is 698. The van der Waals surface area contributed by atoms with Crippen molar-refractivity contribution in [3.8, 4) is 0 Å². The Hall–Kier alpha value is -2.10. The van der Waals surface area contributed by atoms with Crippen LogP contribution in [-0.2, 0) is 7.05 Å². The van der Waals surface area contributed by atoms with Gasteiger partial charge in [0.25, 0.3) is 0 Å². The van der Waals surface area contributed by atoms with Crippen molar-refractivity contribution in [2.45, 2.75) is 20.8 Å². The van der Waals surface area contributed by atoms with Gasteiger partial charge in [-0.3, -0.25) is 0 Å². The van der Waals surface area contributed by atoms with Crippen LogP contribution in [0.4, 0.5) is 5.82 Å². The van der Waals surface area contributed by atoms with Gasteiger partial charge in [-0.2, -0.15) is 0 Å². The summed E-state index contributed by atoms with van der Waals surface area (Å²) in [5.41, 5.74) is 8.68. The molecule has 4 nitrogen and oxygen atoms in total. The molecule has 0 atom stereocenters. The molecule has 2 aromatic heterocycles. The summed E-state index contributed by atoms with van der Waals surface area (Å²) in [6.07, 6.45) is 0. The molecule has 0 fully saturated rings. The molecule has 0 saturated carbocycles. The molecule has 0 aliphatic rings. The van der Waals surface area contributed by atoms with Crippen LogP contribution in [0, 0.1) is 6.92 Å². The van der Waals surface area contributed by atoms with E-state index in [-0.39, 0.29) is 0 Å². The zero-order valence-corrected chi connectivity index (χ0v) is 11.2. The molecule has 2 heterocycles. The van der Waals surface area contributed by atoms with E-state index in [2.05, 4.69) is 14.5 Å². The third kappa shape index (κ3) is 1.70. The molecule has 0 radical (unpaired) electrons. The second-order valence-electron chi connectivity index (χ2n) is 3.93. The molecule has 3 aromatic rings. The van der Waals surface area contributed by atoms with E-state index in [0.717, 1.165) is 27.8 Å². The molecule has 94 valence electrons. The van der Waals surface area contributed by atoms with E-state index in [1.165, 1.54) is 0 Å². The summed E-state index contributed by atoms with van der Waals surface area (Å²) in [4.78, 5) is 8.80. The number of nitrogens with zero attached hydrogens (tertiary/aromatic N) is 3. The standard InChI is InChI=1S/C12H12N4.C2H6/c1-7-14-10-11(16(7)2)8-5-3-4-6-9(8)15-12(10)13;1-2/h3-6H,1-2H3,(H2,13,15);1-2H3. The second-order valence-corrected chi connectivity index (χ2v) is 3.93. The van der Waals surface area contributed by atoms with Crippen molar-refractivity contribution < 1.29 is 0 Å². The molecule has 3 rings (SSSR count). The zero-order valence-electron chi connectivity index (χ0n) is 11.2. The lowest BCUT2D eigenvalue weighted by molar-refractivity contribution is 0.888. The molecule has 0 aliphatic heterocycles. The average molecular weight is 242 g/mol. The van der Waals surface area contributed by atoms with Gasteiger partial charge < -0.3 is 10.3 Å². The molecule has 0 saturated heterocycles. The molecule has 0 amide bonds. The Labute approximate surface area is 106 Å². The Balaban J connectivity index is 0.000000574. The Morgan fingerprint density at radius 1 is 1.11 bits per heavy atom. The lowest BCUT2D eigenvalue weighted by Crippen LogP contribution is -1.95. The Morgan fingerprint density at radius 3 is 2.50 bits per heavy atom. The fraction of sp³-hybridized carbons (Fsp3) is 0.286. The first-order chi connectivity index (χ1) is 8.68. The van der Waals surface area contributed by atoms with E-state index in [1.54, 1.807) is 0 Å². The van der Waals surface area contributed by atoms with Gasteiger partial charge in [-0.25, -0.2) is 9.97 Å². The van der Waals surface area contributed by atoms with Crippen LogP contribution in [0.25, 0.3) is 21.9 Å². The van der Waals surface area contributed by atoms with Crippen LogP contribution < -0.4 is 5.73 Å². The Kier molecular flexibility index (Phi) is 3.19. The smallest absolute Gasteiger partial charge is 0.152 e. The third-order valence-electron chi connectivity index (χ3n) is 2.96. The maximum atomic E-state index is 5.92. The number of fused-ring (bicyclic) bond motifs is 3. The monoisotopic (exact) mass is 242 g/mol. The number of rotatable bonds is 0. The van der Waals surface area contributed by atoms with Crippen molar-refractivity contribution in [1.82, 2.24) is 14.5 Å². The van der Waals surface area contributed by atoms with Crippen LogP contribution in [0.1, 0.15) is 19.7 Å².